The molecular formula is C25H34O4. The lowest BCUT2D eigenvalue weighted by atomic mass is 9.63. The van der Waals surface area contributed by atoms with Crippen molar-refractivity contribution in [2.75, 3.05) is 14.2 Å². The second-order valence-corrected chi connectivity index (χ2v) is 10.9. The molecule has 158 valence electrons. The quantitative estimate of drug-likeness (QED) is 0.393. The molecule has 0 aromatic carbocycles. The van der Waals surface area contributed by atoms with Crippen LogP contribution < -0.4 is 0 Å². The number of esters is 2. The number of hydrogen-bond donors (Lipinski definition) is 0. The minimum Gasteiger partial charge on any atom is -0.469 e. The number of methoxy groups -OCH3 is 2. The summed E-state index contributed by atoms with van der Waals surface area (Å²) in [6, 6.07) is 0. The van der Waals surface area contributed by atoms with Gasteiger partial charge in [-0.15, -0.1) is 0 Å². The Morgan fingerprint density at radius 1 is 0.793 bits per heavy atom. The highest BCUT2D eigenvalue weighted by atomic mass is 16.5. The van der Waals surface area contributed by atoms with Gasteiger partial charge in [-0.1, -0.05) is 24.3 Å². The van der Waals surface area contributed by atoms with E-state index < -0.39 is 0 Å². The molecule has 29 heavy (non-hydrogen) atoms. The van der Waals surface area contributed by atoms with Crippen LogP contribution in [0.1, 0.15) is 46.0 Å². The van der Waals surface area contributed by atoms with Crippen molar-refractivity contribution in [3.8, 4) is 0 Å². The Morgan fingerprint density at radius 2 is 1.45 bits per heavy atom. The summed E-state index contributed by atoms with van der Waals surface area (Å²) in [5, 5.41) is 0. The molecule has 10 unspecified atom stereocenters. The lowest BCUT2D eigenvalue weighted by molar-refractivity contribution is -0.157. The van der Waals surface area contributed by atoms with Gasteiger partial charge in [-0.25, -0.2) is 0 Å². The molecule has 0 N–H and O–H groups in total. The number of carbonyl (C=O) groups is 2. The zero-order chi connectivity index (χ0) is 20.6. The lowest BCUT2D eigenvalue weighted by Gasteiger charge is -2.41. The molecule has 4 nitrogen and oxygen atoms in total. The molecule has 6 aliphatic carbocycles. The fourth-order valence-electron chi connectivity index (χ4n) is 8.40. The zero-order valence-corrected chi connectivity index (χ0v) is 18.1. The van der Waals surface area contributed by atoms with Crippen molar-refractivity contribution in [2.45, 2.75) is 46.0 Å². The minimum absolute atomic E-state index is 0.0372. The van der Waals surface area contributed by atoms with Crippen LogP contribution in [0, 0.1) is 58.2 Å². The van der Waals surface area contributed by atoms with Crippen LogP contribution in [0.2, 0.25) is 0 Å². The molecule has 4 saturated carbocycles. The van der Waals surface area contributed by atoms with Gasteiger partial charge < -0.3 is 9.47 Å². The average Bonchev–Trinajstić information content (AvgIpc) is 3.53. The summed E-state index contributed by atoms with van der Waals surface area (Å²) in [5.41, 5.74) is -0.410. The van der Waals surface area contributed by atoms with Crippen molar-refractivity contribution in [3.05, 3.63) is 24.3 Å². The highest BCUT2D eigenvalue weighted by Crippen LogP contribution is 2.70. The largest absolute Gasteiger partial charge is 0.469 e. The molecule has 10 atom stereocenters. The first kappa shape index (κ1) is 19.4. The molecule has 0 heterocycles. The van der Waals surface area contributed by atoms with Gasteiger partial charge in [0.25, 0.3) is 0 Å². The Balaban J connectivity index is 0.000000134. The normalized spacial score (nSPS) is 51.7. The predicted octanol–water partition coefficient (Wildman–Crippen LogP) is 4.41. The van der Waals surface area contributed by atoms with Gasteiger partial charge in [0.2, 0.25) is 0 Å². The van der Waals surface area contributed by atoms with E-state index in [-0.39, 0.29) is 22.8 Å². The molecule has 0 amide bonds. The minimum atomic E-state index is -0.228. The Hall–Kier alpha value is -1.58. The zero-order valence-electron chi connectivity index (χ0n) is 18.1. The van der Waals surface area contributed by atoms with E-state index in [0.717, 1.165) is 48.9 Å². The number of carbonyl (C=O) groups excluding carboxylic acids is 2. The Morgan fingerprint density at radius 3 is 2.03 bits per heavy atom. The number of rotatable bonds is 2. The molecule has 0 saturated heterocycles. The first-order valence-electron chi connectivity index (χ1n) is 11.4. The molecule has 0 aromatic rings. The molecular weight excluding hydrogens is 364 g/mol. The summed E-state index contributed by atoms with van der Waals surface area (Å²) in [5.74, 6) is 5.70. The van der Waals surface area contributed by atoms with Gasteiger partial charge in [0.1, 0.15) is 0 Å². The van der Waals surface area contributed by atoms with Crippen molar-refractivity contribution in [2.24, 2.45) is 58.2 Å². The van der Waals surface area contributed by atoms with Gasteiger partial charge >= 0.3 is 11.9 Å². The van der Waals surface area contributed by atoms with E-state index in [1.54, 1.807) is 0 Å². The Bertz CT molecular complexity index is 784. The monoisotopic (exact) mass is 398 g/mol. The van der Waals surface area contributed by atoms with Crippen molar-refractivity contribution >= 4 is 11.9 Å². The average molecular weight is 399 g/mol. The van der Waals surface area contributed by atoms with E-state index in [2.05, 4.69) is 31.2 Å². The second-order valence-electron chi connectivity index (χ2n) is 10.9. The topological polar surface area (TPSA) is 52.6 Å². The van der Waals surface area contributed by atoms with Gasteiger partial charge in [0, 0.05) is 0 Å². The molecule has 0 aromatic heterocycles. The van der Waals surface area contributed by atoms with Gasteiger partial charge in [0.05, 0.1) is 25.0 Å². The molecule has 4 fully saturated rings. The summed E-state index contributed by atoms with van der Waals surface area (Å²) in [6.07, 6.45) is 15.1. The van der Waals surface area contributed by atoms with E-state index >= 15 is 0 Å². The second kappa shape index (κ2) is 6.46. The van der Waals surface area contributed by atoms with E-state index in [1.807, 2.05) is 6.92 Å². The summed E-state index contributed by atoms with van der Waals surface area (Å²) >= 11 is 0. The Labute approximate surface area is 174 Å². The first-order valence-corrected chi connectivity index (χ1v) is 11.4. The van der Waals surface area contributed by atoms with Crippen molar-refractivity contribution in [1.82, 2.24) is 0 Å². The Kier molecular flexibility index (Phi) is 4.32. The van der Waals surface area contributed by atoms with Crippen molar-refractivity contribution in [3.63, 3.8) is 0 Å². The third-order valence-electron chi connectivity index (χ3n) is 9.63. The van der Waals surface area contributed by atoms with E-state index in [0.29, 0.717) is 17.8 Å². The van der Waals surface area contributed by atoms with Crippen LogP contribution in [0.4, 0.5) is 0 Å². The number of allylic oxidation sites excluding steroid dienone is 4. The van der Waals surface area contributed by atoms with Crippen LogP contribution in [0.25, 0.3) is 0 Å². The fourth-order valence-corrected chi connectivity index (χ4v) is 8.40. The maximum Gasteiger partial charge on any atom is 0.312 e. The highest BCUT2D eigenvalue weighted by Gasteiger charge is 2.66. The van der Waals surface area contributed by atoms with Crippen LogP contribution >= 0.6 is 0 Å². The van der Waals surface area contributed by atoms with E-state index in [4.69, 9.17) is 9.47 Å². The lowest BCUT2D eigenvalue weighted by Crippen LogP contribution is -2.42. The third-order valence-corrected chi connectivity index (χ3v) is 9.63. The number of ether oxygens (including phenoxy) is 2. The van der Waals surface area contributed by atoms with Gasteiger partial charge in [-0.3, -0.25) is 9.59 Å². The predicted molar refractivity (Wildman–Crippen MR) is 110 cm³/mol. The third kappa shape index (κ3) is 2.56. The summed E-state index contributed by atoms with van der Waals surface area (Å²) in [7, 11) is 3.01. The molecule has 0 aliphatic heterocycles. The van der Waals surface area contributed by atoms with E-state index in [9.17, 15) is 9.59 Å². The number of fused-ring (bicyclic) bond motifs is 11. The SMILES string of the molecule is COC(=O)C1(C)CC2C=CC1C2.COC(=O)C1(C)CC2CC1C1C3C=CC(C3)C21. The molecule has 0 radical (unpaired) electrons. The van der Waals surface area contributed by atoms with Gasteiger partial charge in [-0.05, 0) is 93.3 Å². The summed E-state index contributed by atoms with van der Waals surface area (Å²) in [6.45, 7) is 4.17. The van der Waals surface area contributed by atoms with Crippen molar-refractivity contribution in [1.29, 1.82) is 0 Å². The standard InChI is InChI=1S/C15H20O2.C10H14O2/c1-15(14(16)17-2)7-10-6-11(15)13-9-4-3-8(5-9)12(10)13;1-10(9(11)12-2)6-7-3-4-8(10)5-7/h3-4,8-13H,5-7H2,1-2H3;3-4,7-8H,5-6H2,1-2H3. The highest BCUT2D eigenvalue weighted by molar-refractivity contribution is 5.78. The van der Waals surface area contributed by atoms with Crippen LogP contribution in [0.15, 0.2) is 24.3 Å². The van der Waals surface area contributed by atoms with Crippen LogP contribution in [0.3, 0.4) is 0 Å². The molecule has 0 spiro atoms. The number of hydrogen-bond acceptors (Lipinski definition) is 4. The smallest absolute Gasteiger partial charge is 0.312 e. The summed E-state index contributed by atoms with van der Waals surface area (Å²) < 4.78 is 9.88. The molecule has 6 aliphatic rings. The van der Waals surface area contributed by atoms with Crippen LogP contribution in [0.5, 0.6) is 0 Å². The maximum atomic E-state index is 12.1. The van der Waals surface area contributed by atoms with Crippen LogP contribution in [-0.2, 0) is 19.1 Å². The molecule has 6 rings (SSSR count). The van der Waals surface area contributed by atoms with Gasteiger partial charge in [-0.2, -0.15) is 0 Å². The fraction of sp³-hybridized carbons (Fsp3) is 0.760. The molecule has 6 bridgehead atoms. The van der Waals surface area contributed by atoms with Gasteiger partial charge in [0.15, 0.2) is 0 Å². The van der Waals surface area contributed by atoms with Crippen LogP contribution in [-0.4, -0.2) is 26.2 Å². The first-order chi connectivity index (χ1) is 13.8. The summed E-state index contributed by atoms with van der Waals surface area (Å²) in [4.78, 5) is 23.5. The molecule has 4 heteroatoms. The van der Waals surface area contributed by atoms with E-state index in [1.165, 1.54) is 27.1 Å². The maximum absolute atomic E-state index is 12.1. The van der Waals surface area contributed by atoms with Crippen molar-refractivity contribution < 1.29 is 19.1 Å².